The molecule has 0 heterocycles. The fourth-order valence-electron chi connectivity index (χ4n) is 2.20. The summed E-state index contributed by atoms with van der Waals surface area (Å²) < 4.78 is 22.4. The number of carbonyl (C=O) groups is 1. The van der Waals surface area contributed by atoms with Crippen LogP contribution in [0.4, 0.5) is 5.69 Å². The molecular weight excluding hydrogens is 362 g/mol. The van der Waals surface area contributed by atoms with Gasteiger partial charge >= 0.3 is 0 Å². The number of halogens is 1. The van der Waals surface area contributed by atoms with Crippen molar-refractivity contribution in [2.45, 2.75) is 18.2 Å². The van der Waals surface area contributed by atoms with Crippen LogP contribution in [-0.4, -0.2) is 27.4 Å². The standard InChI is InChI=1S/C17H20ClN3O3S/c1-12-2-5-14(18)10-16(12)21-17(22)11-20-9-8-13-3-6-15(7-4-13)25(19,23)24/h2-7,10,20H,8-9,11H2,1H3,(H,21,22)(H2,19,23,24). The average molecular weight is 382 g/mol. The number of carbonyl (C=O) groups excluding carboxylic acids is 1. The predicted molar refractivity (Wildman–Crippen MR) is 99.2 cm³/mol. The van der Waals surface area contributed by atoms with Gasteiger partial charge in [0.2, 0.25) is 15.9 Å². The number of nitrogens with two attached hydrogens (primary N) is 1. The van der Waals surface area contributed by atoms with Gasteiger partial charge in [0.05, 0.1) is 11.4 Å². The van der Waals surface area contributed by atoms with E-state index in [-0.39, 0.29) is 17.3 Å². The number of anilines is 1. The number of hydrogen-bond donors (Lipinski definition) is 3. The van der Waals surface area contributed by atoms with Gasteiger partial charge in [-0.1, -0.05) is 29.8 Å². The van der Waals surface area contributed by atoms with Gasteiger partial charge in [-0.2, -0.15) is 0 Å². The van der Waals surface area contributed by atoms with Gasteiger partial charge in [0, 0.05) is 10.7 Å². The zero-order valence-corrected chi connectivity index (χ0v) is 15.3. The molecule has 134 valence electrons. The average Bonchev–Trinajstić information content (AvgIpc) is 2.55. The van der Waals surface area contributed by atoms with Crippen LogP contribution in [0.5, 0.6) is 0 Å². The number of rotatable bonds is 7. The Balaban J connectivity index is 1.77. The molecule has 0 aromatic heterocycles. The molecule has 0 spiro atoms. The largest absolute Gasteiger partial charge is 0.325 e. The summed E-state index contributed by atoms with van der Waals surface area (Å²) in [5, 5.41) is 11.5. The summed E-state index contributed by atoms with van der Waals surface area (Å²) in [6, 6.07) is 11.7. The van der Waals surface area contributed by atoms with E-state index in [2.05, 4.69) is 10.6 Å². The van der Waals surface area contributed by atoms with E-state index < -0.39 is 10.0 Å². The van der Waals surface area contributed by atoms with E-state index in [4.69, 9.17) is 16.7 Å². The molecule has 2 rings (SSSR count). The Morgan fingerprint density at radius 3 is 2.48 bits per heavy atom. The fourth-order valence-corrected chi connectivity index (χ4v) is 2.89. The van der Waals surface area contributed by atoms with Crippen LogP contribution in [0.15, 0.2) is 47.4 Å². The molecule has 2 aromatic carbocycles. The van der Waals surface area contributed by atoms with Gasteiger partial charge in [-0.05, 0) is 55.3 Å². The lowest BCUT2D eigenvalue weighted by Crippen LogP contribution is -2.29. The van der Waals surface area contributed by atoms with E-state index in [0.29, 0.717) is 23.7 Å². The van der Waals surface area contributed by atoms with Crippen molar-refractivity contribution in [3.05, 3.63) is 58.6 Å². The summed E-state index contributed by atoms with van der Waals surface area (Å²) >= 11 is 5.92. The highest BCUT2D eigenvalue weighted by Gasteiger charge is 2.07. The van der Waals surface area contributed by atoms with Gasteiger partial charge in [0.25, 0.3) is 0 Å². The van der Waals surface area contributed by atoms with Crippen molar-refractivity contribution in [2.24, 2.45) is 5.14 Å². The van der Waals surface area contributed by atoms with Crippen molar-refractivity contribution in [1.82, 2.24) is 5.32 Å². The summed E-state index contributed by atoms with van der Waals surface area (Å²) in [7, 11) is -3.67. The van der Waals surface area contributed by atoms with Crippen molar-refractivity contribution in [1.29, 1.82) is 0 Å². The summed E-state index contributed by atoms with van der Waals surface area (Å²) in [6.07, 6.45) is 0.661. The molecule has 0 unspecified atom stereocenters. The van der Waals surface area contributed by atoms with Crippen LogP contribution in [-0.2, 0) is 21.2 Å². The topological polar surface area (TPSA) is 101 Å². The number of sulfonamides is 1. The van der Waals surface area contributed by atoms with E-state index in [1.165, 1.54) is 12.1 Å². The molecule has 25 heavy (non-hydrogen) atoms. The number of amides is 1. The minimum absolute atomic E-state index is 0.0838. The second-order valence-corrected chi connectivity index (χ2v) is 7.62. The third kappa shape index (κ3) is 6.13. The Hall–Kier alpha value is -1.93. The number of benzene rings is 2. The number of primary sulfonamides is 1. The number of hydrogen-bond acceptors (Lipinski definition) is 4. The summed E-state index contributed by atoms with van der Waals surface area (Å²) in [5.74, 6) is -0.157. The highest BCUT2D eigenvalue weighted by atomic mass is 35.5. The predicted octanol–water partition coefficient (Wildman–Crippen LogP) is 2.07. The number of aryl methyl sites for hydroxylation is 1. The van der Waals surface area contributed by atoms with E-state index in [1.54, 1.807) is 24.3 Å². The third-order valence-corrected chi connectivity index (χ3v) is 4.77. The van der Waals surface area contributed by atoms with Gasteiger partial charge in [0.1, 0.15) is 0 Å². The Morgan fingerprint density at radius 1 is 1.16 bits per heavy atom. The second-order valence-electron chi connectivity index (χ2n) is 5.62. The summed E-state index contributed by atoms with van der Waals surface area (Å²) in [4.78, 5) is 12.0. The highest BCUT2D eigenvalue weighted by Crippen LogP contribution is 2.19. The Bertz CT molecular complexity index is 852. The van der Waals surface area contributed by atoms with Crippen LogP contribution in [0, 0.1) is 6.92 Å². The monoisotopic (exact) mass is 381 g/mol. The first-order valence-corrected chi connectivity index (χ1v) is 9.56. The molecule has 0 saturated heterocycles. The zero-order valence-electron chi connectivity index (χ0n) is 13.8. The molecule has 0 aliphatic rings. The first-order chi connectivity index (χ1) is 11.8. The van der Waals surface area contributed by atoms with Crippen molar-refractivity contribution in [2.75, 3.05) is 18.4 Å². The first-order valence-electron chi connectivity index (χ1n) is 7.64. The summed E-state index contributed by atoms with van der Waals surface area (Å²) in [5.41, 5.74) is 2.58. The lowest BCUT2D eigenvalue weighted by atomic mass is 10.1. The third-order valence-electron chi connectivity index (χ3n) is 3.60. The Labute approximate surface area is 152 Å². The maximum atomic E-state index is 11.9. The molecule has 6 nitrogen and oxygen atoms in total. The van der Waals surface area contributed by atoms with Crippen LogP contribution in [0.1, 0.15) is 11.1 Å². The molecule has 0 radical (unpaired) electrons. The minimum Gasteiger partial charge on any atom is -0.325 e. The maximum absolute atomic E-state index is 11.9. The molecule has 0 bridgehead atoms. The van der Waals surface area contributed by atoms with Gasteiger partial charge in [0.15, 0.2) is 0 Å². The van der Waals surface area contributed by atoms with Gasteiger partial charge in [-0.3, -0.25) is 4.79 Å². The number of nitrogens with one attached hydrogen (secondary N) is 2. The van der Waals surface area contributed by atoms with E-state index >= 15 is 0 Å². The quantitative estimate of drug-likeness (QED) is 0.639. The van der Waals surface area contributed by atoms with Crippen LogP contribution in [0.25, 0.3) is 0 Å². The highest BCUT2D eigenvalue weighted by molar-refractivity contribution is 7.89. The SMILES string of the molecule is Cc1ccc(Cl)cc1NC(=O)CNCCc1ccc(S(N)(=O)=O)cc1. The smallest absolute Gasteiger partial charge is 0.238 e. The molecule has 0 atom stereocenters. The molecule has 0 aliphatic heterocycles. The van der Waals surface area contributed by atoms with E-state index in [1.807, 2.05) is 13.0 Å². The second kappa shape index (κ2) is 8.44. The van der Waals surface area contributed by atoms with E-state index in [9.17, 15) is 13.2 Å². The van der Waals surface area contributed by atoms with Crippen LogP contribution in [0.3, 0.4) is 0 Å². The van der Waals surface area contributed by atoms with Crippen LogP contribution in [0.2, 0.25) is 5.02 Å². The van der Waals surface area contributed by atoms with Gasteiger partial charge in [-0.25, -0.2) is 13.6 Å². The Morgan fingerprint density at radius 2 is 1.84 bits per heavy atom. The lowest BCUT2D eigenvalue weighted by Gasteiger charge is -2.10. The van der Waals surface area contributed by atoms with Gasteiger partial charge in [-0.15, -0.1) is 0 Å². The molecule has 8 heteroatoms. The first kappa shape index (κ1) is 19.4. The molecule has 0 fully saturated rings. The molecule has 4 N–H and O–H groups in total. The van der Waals surface area contributed by atoms with Crippen molar-refractivity contribution >= 4 is 33.2 Å². The Kier molecular flexibility index (Phi) is 6.55. The normalized spacial score (nSPS) is 11.3. The van der Waals surface area contributed by atoms with Crippen LogP contribution >= 0.6 is 11.6 Å². The van der Waals surface area contributed by atoms with Crippen molar-refractivity contribution < 1.29 is 13.2 Å². The van der Waals surface area contributed by atoms with Crippen LogP contribution < -0.4 is 15.8 Å². The van der Waals surface area contributed by atoms with Gasteiger partial charge < -0.3 is 10.6 Å². The molecular formula is C17H20ClN3O3S. The van der Waals surface area contributed by atoms with E-state index in [0.717, 1.165) is 11.1 Å². The minimum atomic E-state index is -3.67. The lowest BCUT2D eigenvalue weighted by molar-refractivity contribution is -0.115. The zero-order chi connectivity index (χ0) is 18.4. The fraction of sp³-hybridized carbons (Fsp3) is 0.235. The molecule has 0 aliphatic carbocycles. The molecule has 1 amide bonds. The summed E-state index contributed by atoms with van der Waals surface area (Å²) in [6.45, 7) is 2.64. The van der Waals surface area contributed by atoms with Crippen molar-refractivity contribution in [3.63, 3.8) is 0 Å². The molecule has 2 aromatic rings. The maximum Gasteiger partial charge on any atom is 0.238 e. The van der Waals surface area contributed by atoms with Crippen molar-refractivity contribution in [3.8, 4) is 0 Å². The molecule has 0 saturated carbocycles.